The van der Waals surface area contributed by atoms with Gasteiger partial charge in [-0.05, 0) is 34.0 Å². The van der Waals surface area contributed by atoms with Crippen LogP contribution in [0, 0.1) is 5.82 Å². The Balaban J connectivity index is 2.99. The van der Waals surface area contributed by atoms with E-state index in [9.17, 15) is 9.18 Å². The van der Waals surface area contributed by atoms with E-state index >= 15 is 0 Å². The van der Waals surface area contributed by atoms with Crippen LogP contribution in [0.4, 0.5) is 10.1 Å². The third-order valence-electron chi connectivity index (χ3n) is 3.30. The summed E-state index contributed by atoms with van der Waals surface area (Å²) in [6, 6.07) is 2.33. The summed E-state index contributed by atoms with van der Waals surface area (Å²) < 4.78 is 23.9. The fourth-order valence-electron chi connectivity index (χ4n) is 1.35. The summed E-state index contributed by atoms with van der Waals surface area (Å²) >= 11 is 0. The molecule has 0 saturated heterocycles. The smallest absolute Gasteiger partial charge is 0.340 e. The van der Waals surface area contributed by atoms with Gasteiger partial charge >= 0.3 is 5.97 Å². The van der Waals surface area contributed by atoms with Gasteiger partial charge in [0.25, 0.3) is 0 Å². The molecule has 0 saturated carbocycles. The average molecular weight is 284 g/mol. The number of esters is 1. The summed E-state index contributed by atoms with van der Waals surface area (Å²) in [7, 11) is 5.05. The molecule has 20 heavy (non-hydrogen) atoms. The second-order valence-electron chi connectivity index (χ2n) is 5.36. The molecule has 0 aliphatic carbocycles. The number of anilines is 1. The van der Waals surface area contributed by atoms with Crippen molar-refractivity contribution >= 4 is 11.7 Å². The van der Waals surface area contributed by atoms with Gasteiger partial charge in [0.15, 0.2) is 11.6 Å². The SMILES string of the molecule is COC(=O)c1cc(OCC(C)(C)N(C)C)c(F)cc1N. The van der Waals surface area contributed by atoms with E-state index < -0.39 is 11.8 Å². The van der Waals surface area contributed by atoms with Gasteiger partial charge in [0.1, 0.15) is 6.61 Å². The molecule has 1 rings (SSSR count). The van der Waals surface area contributed by atoms with Crippen LogP contribution in [0.25, 0.3) is 0 Å². The number of ether oxygens (including phenoxy) is 2. The van der Waals surface area contributed by atoms with Gasteiger partial charge < -0.3 is 20.1 Å². The Kier molecular flexibility index (Phi) is 4.94. The molecule has 112 valence electrons. The number of halogens is 1. The summed E-state index contributed by atoms with van der Waals surface area (Å²) in [4.78, 5) is 13.5. The van der Waals surface area contributed by atoms with Gasteiger partial charge in [-0.15, -0.1) is 0 Å². The number of hydrogen-bond acceptors (Lipinski definition) is 5. The Labute approximate surface area is 118 Å². The van der Waals surface area contributed by atoms with Gasteiger partial charge in [0.05, 0.1) is 12.7 Å². The van der Waals surface area contributed by atoms with Crippen molar-refractivity contribution in [3.05, 3.63) is 23.5 Å². The Bertz CT molecular complexity index is 501. The molecule has 0 amide bonds. The average Bonchev–Trinajstić information content (AvgIpc) is 2.36. The van der Waals surface area contributed by atoms with Crippen LogP contribution in [0.1, 0.15) is 24.2 Å². The molecule has 1 aromatic carbocycles. The highest BCUT2D eigenvalue weighted by atomic mass is 19.1. The molecular formula is C14H21FN2O3. The van der Waals surface area contributed by atoms with Crippen LogP contribution in [0.3, 0.4) is 0 Å². The molecule has 0 fully saturated rings. The maximum atomic E-state index is 13.8. The number of hydrogen-bond donors (Lipinski definition) is 1. The van der Waals surface area contributed by atoms with Gasteiger partial charge in [-0.25, -0.2) is 9.18 Å². The predicted molar refractivity (Wildman–Crippen MR) is 75.4 cm³/mol. The maximum Gasteiger partial charge on any atom is 0.340 e. The second kappa shape index (κ2) is 6.09. The van der Waals surface area contributed by atoms with E-state index in [1.807, 2.05) is 32.8 Å². The molecular weight excluding hydrogens is 263 g/mol. The van der Waals surface area contributed by atoms with E-state index in [-0.39, 0.29) is 29.1 Å². The first-order valence-corrected chi connectivity index (χ1v) is 6.16. The fourth-order valence-corrected chi connectivity index (χ4v) is 1.35. The number of rotatable bonds is 5. The van der Waals surface area contributed by atoms with Crippen LogP contribution in [0.15, 0.2) is 12.1 Å². The highest BCUT2D eigenvalue weighted by Crippen LogP contribution is 2.26. The van der Waals surface area contributed by atoms with Crippen LogP contribution >= 0.6 is 0 Å². The van der Waals surface area contributed by atoms with Crippen molar-refractivity contribution in [1.29, 1.82) is 0 Å². The number of benzene rings is 1. The van der Waals surface area contributed by atoms with Gasteiger partial charge in [-0.3, -0.25) is 0 Å². The number of nitrogens with two attached hydrogens (primary N) is 1. The highest BCUT2D eigenvalue weighted by molar-refractivity contribution is 5.95. The van der Waals surface area contributed by atoms with E-state index in [1.165, 1.54) is 13.2 Å². The molecule has 5 nitrogen and oxygen atoms in total. The lowest BCUT2D eigenvalue weighted by atomic mass is 10.1. The van der Waals surface area contributed by atoms with Crippen molar-refractivity contribution < 1.29 is 18.7 Å². The quantitative estimate of drug-likeness (QED) is 0.661. The van der Waals surface area contributed by atoms with Crippen molar-refractivity contribution in [3.8, 4) is 5.75 Å². The Morgan fingerprint density at radius 2 is 2.00 bits per heavy atom. The molecule has 0 spiro atoms. The first-order chi connectivity index (χ1) is 9.19. The largest absolute Gasteiger partial charge is 0.489 e. The molecule has 0 radical (unpaired) electrons. The topological polar surface area (TPSA) is 64.8 Å². The van der Waals surface area contributed by atoms with Crippen LogP contribution in [-0.4, -0.2) is 44.2 Å². The Morgan fingerprint density at radius 1 is 1.40 bits per heavy atom. The molecule has 1 aromatic rings. The minimum Gasteiger partial charge on any atom is -0.489 e. The second-order valence-corrected chi connectivity index (χ2v) is 5.36. The number of likely N-dealkylation sites (N-methyl/N-ethyl adjacent to an activating group) is 1. The maximum absolute atomic E-state index is 13.8. The van der Waals surface area contributed by atoms with Crippen molar-refractivity contribution in [2.75, 3.05) is 33.5 Å². The Morgan fingerprint density at radius 3 is 2.50 bits per heavy atom. The molecule has 2 N–H and O–H groups in total. The van der Waals surface area contributed by atoms with E-state index in [2.05, 4.69) is 4.74 Å². The normalized spacial score (nSPS) is 11.6. The van der Waals surface area contributed by atoms with Crippen molar-refractivity contribution in [2.24, 2.45) is 0 Å². The van der Waals surface area contributed by atoms with Crippen LogP contribution < -0.4 is 10.5 Å². The zero-order valence-corrected chi connectivity index (χ0v) is 12.5. The van der Waals surface area contributed by atoms with Crippen molar-refractivity contribution in [2.45, 2.75) is 19.4 Å². The van der Waals surface area contributed by atoms with Crippen molar-refractivity contribution in [1.82, 2.24) is 4.90 Å². The summed E-state index contributed by atoms with van der Waals surface area (Å²) in [6.07, 6.45) is 0. The highest BCUT2D eigenvalue weighted by Gasteiger charge is 2.23. The van der Waals surface area contributed by atoms with Gasteiger partial charge in [-0.2, -0.15) is 0 Å². The number of carbonyl (C=O) groups excluding carboxylic acids is 1. The minimum atomic E-state index is -0.626. The lowest BCUT2D eigenvalue weighted by molar-refractivity contribution is 0.0601. The fraction of sp³-hybridized carbons (Fsp3) is 0.500. The lowest BCUT2D eigenvalue weighted by Crippen LogP contribution is -2.43. The number of carbonyl (C=O) groups is 1. The van der Waals surface area contributed by atoms with Crippen LogP contribution in [0.2, 0.25) is 0 Å². The van der Waals surface area contributed by atoms with Crippen molar-refractivity contribution in [3.63, 3.8) is 0 Å². The monoisotopic (exact) mass is 284 g/mol. The number of nitrogen functional groups attached to an aromatic ring is 1. The molecule has 0 aliphatic heterocycles. The number of methoxy groups -OCH3 is 1. The third kappa shape index (κ3) is 3.60. The summed E-state index contributed by atoms with van der Waals surface area (Å²) in [5.74, 6) is -1.25. The van der Waals surface area contributed by atoms with E-state index in [4.69, 9.17) is 10.5 Å². The van der Waals surface area contributed by atoms with Crippen LogP contribution in [0.5, 0.6) is 5.75 Å². The first-order valence-electron chi connectivity index (χ1n) is 6.16. The van der Waals surface area contributed by atoms with Gasteiger partial charge in [-0.1, -0.05) is 0 Å². The molecule has 0 aromatic heterocycles. The molecule has 0 bridgehead atoms. The van der Waals surface area contributed by atoms with Gasteiger partial charge in [0, 0.05) is 17.3 Å². The summed E-state index contributed by atoms with van der Waals surface area (Å²) in [5.41, 5.74) is 5.43. The predicted octanol–water partition coefficient (Wildman–Crippen LogP) is 1.91. The summed E-state index contributed by atoms with van der Waals surface area (Å²) in [5, 5.41) is 0. The zero-order chi connectivity index (χ0) is 15.5. The zero-order valence-electron chi connectivity index (χ0n) is 12.5. The molecule has 0 unspecified atom stereocenters. The lowest BCUT2D eigenvalue weighted by Gasteiger charge is -2.32. The number of nitrogens with zero attached hydrogens (tertiary/aromatic N) is 1. The molecule has 6 heteroatoms. The van der Waals surface area contributed by atoms with Gasteiger partial charge in [0.2, 0.25) is 0 Å². The van der Waals surface area contributed by atoms with E-state index in [0.29, 0.717) is 0 Å². The molecule has 0 atom stereocenters. The van der Waals surface area contributed by atoms with E-state index in [0.717, 1.165) is 6.07 Å². The third-order valence-corrected chi connectivity index (χ3v) is 3.30. The summed E-state index contributed by atoms with van der Waals surface area (Å²) in [6.45, 7) is 4.19. The minimum absolute atomic E-state index is 0.0190. The molecule has 0 heterocycles. The standard InChI is InChI=1S/C14H21FN2O3/c1-14(2,17(3)4)8-20-12-6-9(13(18)19-5)11(16)7-10(12)15/h6-7H,8,16H2,1-5H3. The first kappa shape index (κ1) is 16.2. The van der Waals surface area contributed by atoms with Crippen LogP contribution in [-0.2, 0) is 4.74 Å². The van der Waals surface area contributed by atoms with E-state index in [1.54, 1.807) is 0 Å². The Hall–Kier alpha value is -1.82. The molecule has 0 aliphatic rings.